The van der Waals surface area contributed by atoms with E-state index in [0.717, 1.165) is 5.56 Å². The molecule has 2 rings (SSSR count). The Hall–Kier alpha value is -3.20. The number of nitrogens with one attached hydrogen (secondary N) is 1. The first-order valence-corrected chi connectivity index (χ1v) is 7.67. The molecule has 0 saturated heterocycles. The summed E-state index contributed by atoms with van der Waals surface area (Å²) in [5, 5.41) is 12.1. The van der Waals surface area contributed by atoms with Crippen LogP contribution in [0.4, 0.5) is 5.69 Å². The summed E-state index contributed by atoms with van der Waals surface area (Å²) in [7, 11) is 4.62. The summed E-state index contributed by atoms with van der Waals surface area (Å²) < 4.78 is 15.7. The highest BCUT2D eigenvalue weighted by Gasteiger charge is 2.20. The summed E-state index contributed by atoms with van der Waals surface area (Å²) in [5.74, 6) is 0.462. The predicted molar refractivity (Wildman–Crippen MR) is 94.0 cm³/mol. The lowest BCUT2D eigenvalue weighted by atomic mass is 9.99. The molecule has 130 valence electrons. The summed E-state index contributed by atoms with van der Waals surface area (Å²) in [5.41, 5.74) is 1.34. The number of ether oxygens (including phenoxy) is 3. The van der Waals surface area contributed by atoms with Gasteiger partial charge in [0.25, 0.3) is 0 Å². The molecule has 0 heterocycles. The van der Waals surface area contributed by atoms with E-state index >= 15 is 0 Å². The largest absolute Gasteiger partial charge is 0.495 e. The maximum atomic E-state index is 12.4. The number of hydrogen-bond donors (Lipinski definition) is 1. The zero-order chi connectivity index (χ0) is 18.2. The van der Waals surface area contributed by atoms with Crippen molar-refractivity contribution >= 4 is 11.6 Å². The van der Waals surface area contributed by atoms with Crippen LogP contribution in [0.15, 0.2) is 42.5 Å². The highest BCUT2D eigenvalue weighted by atomic mass is 16.5. The molecule has 2 aromatic rings. The smallest absolute Gasteiger partial charge is 0.242 e. The van der Waals surface area contributed by atoms with Gasteiger partial charge in [0.05, 0.1) is 33.1 Å². The molecule has 0 saturated carbocycles. The Balaban J connectivity index is 2.14. The van der Waals surface area contributed by atoms with Crippen molar-refractivity contribution in [3.63, 3.8) is 0 Å². The monoisotopic (exact) mass is 340 g/mol. The molecule has 0 spiro atoms. The Morgan fingerprint density at radius 3 is 2.36 bits per heavy atom. The van der Waals surface area contributed by atoms with E-state index in [4.69, 9.17) is 14.2 Å². The third-order valence-electron chi connectivity index (χ3n) is 3.72. The number of para-hydroxylation sites is 2. The topological polar surface area (TPSA) is 80.6 Å². The highest BCUT2D eigenvalue weighted by Crippen LogP contribution is 2.29. The van der Waals surface area contributed by atoms with Crippen LogP contribution < -0.4 is 19.5 Å². The first-order chi connectivity index (χ1) is 12.1. The van der Waals surface area contributed by atoms with Gasteiger partial charge in [0.2, 0.25) is 5.91 Å². The van der Waals surface area contributed by atoms with Gasteiger partial charge < -0.3 is 19.5 Å². The fourth-order valence-corrected chi connectivity index (χ4v) is 2.41. The average molecular weight is 340 g/mol. The van der Waals surface area contributed by atoms with Gasteiger partial charge >= 0.3 is 0 Å². The summed E-state index contributed by atoms with van der Waals surface area (Å²) in [6.45, 7) is 0. The number of benzene rings is 2. The van der Waals surface area contributed by atoms with Crippen molar-refractivity contribution in [3.8, 4) is 23.3 Å². The number of carbonyl (C=O) groups excluding carboxylic acids is 1. The average Bonchev–Trinajstić information content (AvgIpc) is 2.66. The van der Waals surface area contributed by atoms with E-state index in [1.165, 1.54) is 14.2 Å². The number of methoxy groups -OCH3 is 3. The molecule has 0 aliphatic carbocycles. The maximum absolute atomic E-state index is 12.4. The molecule has 25 heavy (non-hydrogen) atoms. The molecule has 1 atom stereocenters. The van der Waals surface area contributed by atoms with Crippen LogP contribution in [0.3, 0.4) is 0 Å². The number of nitriles is 1. The Bertz CT molecular complexity index is 783. The lowest BCUT2D eigenvalue weighted by Crippen LogP contribution is -2.23. The van der Waals surface area contributed by atoms with Gasteiger partial charge in [-0.15, -0.1) is 0 Å². The first kappa shape index (κ1) is 18.1. The van der Waals surface area contributed by atoms with Crippen molar-refractivity contribution in [2.75, 3.05) is 26.6 Å². The molecule has 0 bridgehead atoms. The molecule has 1 N–H and O–H groups in total. The SMILES string of the molecule is COc1ccccc1NC(=O)[C@@H](C#N)Cc1ccc(OC)c(OC)c1. The molecule has 1 amide bonds. The van der Waals surface area contributed by atoms with Crippen molar-refractivity contribution in [1.29, 1.82) is 5.26 Å². The summed E-state index contributed by atoms with van der Waals surface area (Å²) in [6.07, 6.45) is 0.262. The summed E-state index contributed by atoms with van der Waals surface area (Å²) in [6, 6.07) is 14.4. The van der Waals surface area contributed by atoms with Gasteiger partial charge in [-0.25, -0.2) is 0 Å². The van der Waals surface area contributed by atoms with Gasteiger partial charge in [-0.2, -0.15) is 5.26 Å². The second-order valence-electron chi connectivity index (χ2n) is 5.26. The van der Waals surface area contributed by atoms with Gasteiger partial charge in [-0.1, -0.05) is 18.2 Å². The van der Waals surface area contributed by atoms with Crippen molar-refractivity contribution < 1.29 is 19.0 Å². The van der Waals surface area contributed by atoms with Crippen molar-refractivity contribution in [1.82, 2.24) is 0 Å². The summed E-state index contributed by atoms with van der Waals surface area (Å²) in [4.78, 5) is 12.4. The Morgan fingerprint density at radius 1 is 1.04 bits per heavy atom. The Morgan fingerprint density at radius 2 is 1.72 bits per heavy atom. The molecule has 0 radical (unpaired) electrons. The minimum Gasteiger partial charge on any atom is -0.495 e. The number of amides is 1. The number of rotatable bonds is 7. The van der Waals surface area contributed by atoms with E-state index in [9.17, 15) is 10.1 Å². The van der Waals surface area contributed by atoms with E-state index in [-0.39, 0.29) is 12.3 Å². The second-order valence-corrected chi connectivity index (χ2v) is 5.26. The maximum Gasteiger partial charge on any atom is 0.242 e. The minimum absolute atomic E-state index is 0.262. The Kier molecular flexibility index (Phi) is 6.24. The molecule has 0 aliphatic heterocycles. The van der Waals surface area contributed by atoms with Crippen molar-refractivity contribution in [2.45, 2.75) is 6.42 Å². The van der Waals surface area contributed by atoms with Crippen LogP contribution in [0.25, 0.3) is 0 Å². The van der Waals surface area contributed by atoms with Gasteiger partial charge in [0, 0.05) is 0 Å². The summed E-state index contributed by atoms with van der Waals surface area (Å²) >= 11 is 0. The van der Waals surface area contributed by atoms with Crippen LogP contribution in [0.2, 0.25) is 0 Å². The van der Waals surface area contributed by atoms with Crippen LogP contribution in [0, 0.1) is 17.2 Å². The van der Waals surface area contributed by atoms with Gasteiger partial charge in [-0.05, 0) is 36.2 Å². The van der Waals surface area contributed by atoms with Crippen LogP contribution in [0.1, 0.15) is 5.56 Å². The zero-order valence-corrected chi connectivity index (χ0v) is 14.4. The van der Waals surface area contributed by atoms with Crippen LogP contribution in [0.5, 0.6) is 17.2 Å². The van der Waals surface area contributed by atoms with Gasteiger partial charge in [0.15, 0.2) is 11.5 Å². The number of carbonyl (C=O) groups is 1. The molecule has 6 nitrogen and oxygen atoms in total. The fraction of sp³-hybridized carbons (Fsp3) is 0.263. The minimum atomic E-state index is -0.844. The predicted octanol–water partition coefficient (Wildman–Crippen LogP) is 3.03. The lowest BCUT2D eigenvalue weighted by molar-refractivity contribution is -0.118. The quantitative estimate of drug-likeness (QED) is 0.838. The highest BCUT2D eigenvalue weighted by molar-refractivity contribution is 5.95. The normalized spacial score (nSPS) is 11.1. The van der Waals surface area contributed by atoms with E-state index < -0.39 is 5.92 Å². The van der Waals surface area contributed by atoms with Crippen LogP contribution >= 0.6 is 0 Å². The lowest BCUT2D eigenvalue weighted by Gasteiger charge is -2.14. The van der Waals surface area contributed by atoms with Crippen LogP contribution in [-0.2, 0) is 11.2 Å². The number of nitrogens with zero attached hydrogens (tertiary/aromatic N) is 1. The molecule has 2 aromatic carbocycles. The second kappa shape index (κ2) is 8.60. The molecule has 0 aromatic heterocycles. The van der Waals surface area contributed by atoms with Crippen molar-refractivity contribution in [2.24, 2.45) is 5.92 Å². The van der Waals surface area contributed by atoms with E-state index in [1.54, 1.807) is 43.5 Å². The number of anilines is 1. The van der Waals surface area contributed by atoms with E-state index in [2.05, 4.69) is 5.32 Å². The van der Waals surface area contributed by atoms with Crippen LogP contribution in [-0.4, -0.2) is 27.2 Å². The van der Waals surface area contributed by atoms with E-state index in [0.29, 0.717) is 22.9 Å². The van der Waals surface area contributed by atoms with Crippen molar-refractivity contribution in [3.05, 3.63) is 48.0 Å². The molecule has 0 fully saturated rings. The zero-order valence-electron chi connectivity index (χ0n) is 14.4. The van der Waals surface area contributed by atoms with Gasteiger partial charge in [0.1, 0.15) is 11.7 Å². The fourth-order valence-electron chi connectivity index (χ4n) is 2.41. The molecular weight excluding hydrogens is 320 g/mol. The number of hydrogen-bond acceptors (Lipinski definition) is 5. The molecule has 0 aliphatic rings. The molecular formula is C19H20N2O4. The van der Waals surface area contributed by atoms with Gasteiger partial charge in [-0.3, -0.25) is 4.79 Å². The first-order valence-electron chi connectivity index (χ1n) is 7.67. The molecule has 0 unspecified atom stereocenters. The third-order valence-corrected chi connectivity index (χ3v) is 3.72. The molecule has 6 heteroatoms. The standard InChI is InChI=1S/C19H20N2O4/c1-23-16-7-5-4-6-15(16)21-19(22)14(12-20)10-13-8-9-17(24-2)18(11-13)25-3/h4-9,11,14H,10H2,1-3H3,(H,21,22)/t14-/m1/s1. The third kappa shape index (κ3) is 4.42. The van der Waals surface area contributed by atoms with E-state index in [1.807, 2.05) is 12.1 Å². The Labute approximate surface area is 146 Å².